The molecule has 0 saturated carbocycles. The first-order chi connectivity index (χ1) is 14.8. The second-order valence-electron chi connectivity index (χ2n) is 6.73. The molecule has 0 aliphatic rings. The van der Waals surface area contributed by atoms with E-state index in [9.17, 15) is 0 Å². The maximum Gasteiger partial charge on any atom is 0.0706 e. The summed E-state index contributed by atoms with van der Waals surface area (Å²) in [4.78, 5) is 2.07. The fourth-order valence-electron chi connectivity index (χ4n) is 3.07. The fraction of sp³-hybridized carbons (Fsp3) is 0.0769. The van der Waals surface area contributed by atoms with Crippen LogP contribution in [-0.2, 0) is 6.54 Å². The average molecular weight is 397 g/mol. The number of hydrogen-bond donors (Lipinski definition) is 2. The van der Waals surface area contributed by atoms with Gasteiger partial charge >= 0.3 is 0 Å². The summed E-state index contributed by atoms with van der Waals surface area (Å²) in [5.74, 6) is 5.96. The topological polar surface area (TPSA) is 58.5 Å². The fourth-order valence-corrected chi connectivity index (χ4v) is 3.07. The molecule has 0 radical (unpaired) electrons. The van der Waals surface area contributed by atoms with Crippen molar-refractivity contribution in [3.8, 4) is 0 Å². The summed E-state index contributed by atoms with van der Waals surface area (Å²) in [6.07, 6.45) is 0. The molecule has 0 unspecified atom stereocenters. The summed E-state index contributed by atoms with van der Waals surface area (Å²) < 4.78 is 0. The van der Waals surface area contributed by atoms with Crippen molar-refractivity contribution in [3.63, 3.8) is 0 Å². The first kappa shape index (κ1) is 21.1. The Morgan fingerprint density at radius 1 is 0.500 bits per heavy atom. The number of para-hydroxylation sites is 3. The second kappa shape index (κ2) is 11.4. The van der Waals surface area contributed by atoms with Gasteiger partial charge < -0.3 is 15.6 Å². The normalized spacial score (nSPS) is 9.93. The van der Waals surface area contributed by atoms with E-state index in [-0.39, 0.29) is 0 Å². The highest BCUT2D eigenvalue weighted by molar-refractivity contribution is 5.62. The smallest absolute Gasteiger partial charge is 0.0706 e. The van der Waals surface area contributed by atoms with Gasteiger partial charge in [-0.2, -0.15) is 0 Å². The zero-order valence-electron chi connectivity index (χ0n) is 17.0. The molecule has 0 spiro atoms. The number of benzene rings is 4. The van der Waals surface area contributed by atoms with Gasteiger partial charge in [-0.1, -0.05) is 84.9 Å². The monoisotopic (exact) mass is 396 g/mol. The Bertz CT molecular complexity index is 921. The molecule has 0 heterocycles. The van der Waals surface area contributed by atoms with Gasteiger partial charge in [0.2, 0.25) is 0 Å². The van der Waals surface area contributed by atoms with Crippen LogP contribution in [0.25, 0.3) is 0 Å². The number of hydrogen-bond acceptors (Lipinski definition) is 4. The van der Waals surface area contributed by atoms with Crippen molar-refractivity contribution >= 4 is 17.1 Å². The quantitative estimate of drug-likeness (QED) is 0.263. The molecule has 0 atom stereocenters. The predicted octanol–water partition coefficient (Wildman–Crippen LogP) is 5.31. The van der Waals surface area contributed by atoms with Gasteiger partial charge in [-0.3, -0.25) is 0 Å². The van der Waals surface area contributed by atoms with E-state index in [0.717, 1.165) is 23.6 Å². The van der Waals surface area contributed by atoms with Crippen molar-refractivity contribution in [1.82, 2.24) is 0 Å². The molecule has 0 fully saturated rings. The molecule has 152 valence electrons. The Balaban J connectivity index is 0.000000171. The van der Waals surface area contributed by atoms with Gasteiger partial charge in [-0.15, -0.1) is 0 Å². The van der Waals surface area contributed by atoms with E-state index in [1.807, 2.05) is 84.9 Å². The van der Waals surface area contributed by atoms with E-state index in [1.54, 1.807) is 5.01 Å². The molecule has 0 amide bonds. The van der Waals surface area contributed by atoms with E-state index >= 15 is 0 Å². The van der Waals surface area contributed by atoms with Crippen molar-refractivity contribution in [2.24, 2.45) is 11.6 Å². The van der Waals surface area contributed by atoms with Gasteiger partial charge in [0.25, 0.3) is 0 Å². The summed E-state index contributed by atoms with van der Waals surface area (Å²) in [6, 6.07) is 40.4. The third-order valence-electron chi connectivity index (χ3n) is 4.60. The molecule has 0 aliphatic heterocycles. The molecule has 4 N–H and O–H groups in total. The number of nitrogens with zero attached hydrogens (tertiary/aromatic N) is 2. The Kier molecular flexibility index (Phi) is 8.03. The highest BCUT2D eigenvalue weighted by atomic mass is 15.4. The van der Waals surface area contributed by atoms with E-state index in [0.29, 0.717) is 6.67 Å². The first-order valence-electron chi connectivity index (χ1n) is 9.97. The minimum Gasteiger partial charge on any atom is -0.328 e. The summed E-state index contributed by atoms with van der Waals surface area (Å²) >= 11 is 0. The molecule has 0 saturated heterocycles. The van der Waals surface area contributed by atoms with Crippen molar-refractivity contribution in [3.05, 3.63) is 127 Å². The molecular formula is C26H28N4. The van der Waals surface area contributed by atoms with E-state index in [2.05, 4.69) is 41.3 Å². The van der Waals surface area contributed by atoms with E-state index in [4.69, 9.17) is 11.6 Å². The molecule has 4 rings (SSSR count). The van der Waals surface area contributed by atoms with Crippen LogP contribution in [0, 0.1) is 0 Å². The lowest BCUT2D eigenvalue weighted by atomic mass is 10.2. The number of hydrazine groups is 1. The Morgan fingerprint density at radius 3 is 1.27 bits per heavy atom. The molecule has 0 aliphatic carbocycles. The molecule has 4 heteroatoms. The van der Waals surface area contributed by atoms with Crippen molar-refractivity contribution in [1.29, 1.82) is 0 Å². The largest absolute Gasteiger partial charge is 0.328 e. The van der Waals surface area contributed by atoms with Crippen molar-refractivity contribution in [2.75, 3.05) is 16.6 Å². The zero-order valence-corrected chi connectivity index (χ0v) is 17.0. The second-order valence-corrected chi connectivity index (χ2v) is 6.73. The van der Waals surface area contributed by atoms with Gasteiger partial charge in [0, 0.05) is 11.4 Å². The van der Waals surface area contributed by atoms with Crippen LogP contribution in [-0.4, -0.2) is 6.67 Å². The van der Waals surface area contributed by atoms with Crippen molar-refractivity contribution < 1.29 is 0 Å². The van der Waals surface area contributed by atoms with E-state index in [1.165, 1.54) is 5.56 Å². The molecule has 30 heavy (non-hydrogen) atoms. The lowest BCUT2D eigenvalue weighted by Crippen LogP contribution is -2.29. The molecule has 0 aromatic heterocycles. The molecule has 4 aromatic carbocycles. The maximum atomic E-state index is 5.96. The number of rotatable bonds is 6. The molecular weight excluding hydrogens is 368 g/mol. The third kappa shape index (κ3) is 6.21. The molecule has 0 bridgehead atoms. The van der Waals surface area contributed by atoms with Gasteiger partial charge in [-0.25, -0.2) is 5.84 Å². The first-order valence-corrected chi connectivity index (χ1v) is 9.97. The summed E-state index contributed by atoms with van der Waals surface area (Å²) in [5.41, 5.74) is 10.2. The number of anilines is 3. The Labute approximate surface area is 179 Å². The summed E-state index contributed by atoms with van der Waals surface area (Å²) in [7, 11) is 0. The summed E-state index contributed by atoms with van der Waals surface area (Å²) in [6.45, 7) is 1.21. The van der Waals surface area contributed by atoms with Crippen LogP contribution in [0.1, 0.15) is 5.56 Å². The van der Waals surface area contributed by atoms with Crippen LogP contribution in [0.2, 0.25) is 0 Å². The standard InChI is InChI=1S/2C13H14N2/c14-11-15(12-7-3-1-4-8-12)13-9-5-2-6-10-13;14-15(13-9-5-2-6-10-13)11-12-7-3-1-4-8-12/h2*1-10H,11,14H2. The number of nitrogens with two attached hydrogens (primary N) is 2. The van der Waals surface area contributed by atoms with Gasteiger partial charge in [0.05, 0.1) is 18.9 Å². The molecule has 4 nitrogen and oxygen atoms in total. The third-order valence-corrected chi connectivity index (χ3v) is 4.60. The minimum absolute atomic E-state index is 0.480. The van der Waals surface area contributed by atoms with Crippen LogP contribution in [0.4, 0.5) is 17.1 Å². The zero-order chi connectivity index (χ0) is 21.0. The highest BCUT2D eigenvalue weighted by Crippen LogP contribution is 2.23. The van der Waals surface area contributed by atoms with Crippen LogP contribution >= 0.6 is 0 Å². The van der Waals surface area contributed by atoms with Gasteiger partial charge in [0.1, 0.15) is 0 Å². The van der Waals surface area contributed by atoms with E-state index < -0.39 is 0 Å². The van der Waals surface area contributed by atoms with Crippen molar-refractivity contribution in [2.45, 2.75) is 6.54 Å². The Hall–Kier alpha value is -3.60. The lowest BCUT2D eigenvalue weighted by molar-refractivity contribution is 0.853. The minimum atomic E-state index is 0.480. The summed E-state index contributed by atoms with van der Waals surface area (Å²) in [5, 5.41) is 1.75. The predicted molar refractivity (Wildman–Crippen MR) is 127 cm³/mol. The van der Waals surface area contributed by atoms with Crippen LogP contribution < -0.4 is 21.5 Å². The molecule has 4 aromatic rings. The lowest BCUT2D eigenvalue weighted by Gasteiger charge is -2.22. The van der Waals surface area contributed by atoms with Crippen LogP contribution in [0.3, 0.4) is 0 Å². The SMILES string of the molecule is NCN(c1ccccc1)c1ccccc1.NN(Cc1ccccc1)c1ccccc1. The maximum absolute atomic E-state index is 5.96. The van der Waals surface area contributed by atoms with Crippen LogP contribution in [0.5, 0.6) is 0 Å². The van der Waals surface area contributed by atoms with Crippen LogP contribution in [0.15, 0.2) is 121 Å². The average Bonchev–Trinajstić information content (AvgIpc) is 2.83. The highest BCUT2D eigenvalue weighted by Gasteiger charge is 2.05. The Morgan fingerprint density at radius 2 is 0.867 bits per heavy atom. The van der Waals surface area contributed by atoms with Gasteiger partial charge in [-0.05, 0) is 42.0 Å². The van der Waals surface area contributed by atoms with Gasteiger partial charge in [0.15, 0.2) is 0 Å².